The lowest BCUT2D eigenvalue weighted by molar-refractivity contribution is 0.236. The van der Waals surface area contributed by atoms with E-state index in [4.69, 9.17) is 9.97 Å². The van der Waals surface area contributed by atoms with E-state index < -0.39 is 0 Å². The highest BCUT2D eigenvalue weighted by Gasteiger charge is 2.63. The van der Waals surface area contributed by atoms with E-state index in [9.17, 15) is 0 Å². The van der Waals surface area contributed by atoms with Gasteiger partial charge in [0.2, 0.25) is 0 Å². The number of hydrogen-bond donors (Lipinski definition) is 0. The van der Waals surface area contributed by atoms with E-state index in [1.165, 1.54) is 35.0 Å². The molecule has 0 N–H and O–H groups in total. The van der Waals surface area contributed by atoms with Gasteiger partial charge in [0.1, 0.15) is 0 Å². The van der Waals surface area contributed by atoms with Gasteiger partial charge in [0.25, 0.3) is 0 Å². The Labute approximate surface area is 144 Å². The third kappa shape index (κ3) is 1.54. The molecule has 0 amide bonds. The van der Waals surface area contributed by atoms with Gasteiger partial charge in [-0.2, -0.15) is 0 Å². The summed E-state index contributed by atoms with van der Waals surface area (Å²) < 4.78 is 0. The number of benzene rings is 2. The van der Waals surface area contributed by atoms with Gasteiger partial charge in [0.05, 0.1) is 22.4 Å². The van der Waals surface area contributed by atoms with Gasteiger partial charge in [0, 0.05) is 16.7 Å². The molecular formula is C20H19BrN2. The first-order valence-electron chi connectivity index (χ1n) is 8.34. The van der Waals surface area contributed by atoms with Crippen LogP contribution in [0.3, 0.4) is 0 Å². The average Bonchev–Trinajstić information content (AvgIpc) is 2.93. The summed E-state index contributed by atoms with van der Waals surface area (Å²) in [6.45, 7) is 4.80. The summed E-state index contributed by atoms with van der Waals surface area (Å²) in [5.74, 6) is 0.533. The van der Waals surface area contributed by atoms with Crippen molar-refractivity contribution in [3.8, 4) is 0 Å². The minimum atomic E-state index is 0.142. The summed E-state index contributed by atoms with van der Waals surface area (Å²) in [5.41, 5.74) is 4.95. The lowest BCUT2D eigenvalue weighted by Gasteiger charge is -2.36. The van der Waals surface area contributed by atoms with Crippen LogP contribution in [0.1, 0.15) is 44.0 Å². The second-order valence-electron chi connectivity index (χ2n) is 7.62. The van der Waals surface area contributed by atoms with Gasteiger partial charge in [0.15, 0.2) is 0 Å². The summed E-state index contributed by atoms with van der Waals surface area (Å²) in [6.07, 6.45) is 2.46. The van der Waals surface area contributed by atoms with Crippen molar-refractivity contribution >= 4 is 37.7 Å². The van der Waals surface area contributed by atoms with E-state index >= 15 is 0 Å². The topological polar surface area (TPSA) is 25.8 Å². The standard InChI is InChI=1S/C20H19BrN2/c1-19-8-7-14(20(19,2)11-21)17-18(19)23-16-10-13-6-4-3-5-12(13)9-15(16)22-17/h3-6,9-10,14H,7-8,11H2,1-2H3/t14-,19+,20+/m0/s1. The fourth-order valence-corrected chi connectivity index (χ4v) is 5.90. The van der Waals surface area contributed by atoms with Crippen LogP contribution in [0.25, 0.3) is 21.8 Å². The maximum absolute atomic E-state index is 5.12. The Balaban J connectivity index is 1.84. The number of fused-ring (bicyclic) bond motifs is 7. The Morgan fingerprint density at radius 1 is 1.09 bits per heavy atom. The Kier molecular flexibility index (Phi) is 2.62. The van der Waals surface area contributed by atoms with Crippen molar-refractivity contribution in [3.05, 3.63) is 47.8 Å². The normalized spacial score (nSPS) is 31.9. The van der Waals surface area contributed by atoms with E-state index in [2.05, 4.69) is 66.2 Å². The molecule has 2 aliphatic rings. The molecule has 2 bridgehead atoms. The highest BCUT2D eigenvalue weighted by molar-refractivity contribution is 9.09. The molecule has 3 aromatic rings. The van der Waals surface area contributed by atoms with Gasteiger partial charge in [-0.1, -0.05) is 54.0 Å². The van der Waals surface area contributed by atoms with Crippen molar-refractivity contribution in [1.29, 1.82) is 0 Å². The Hall–Kier alpha value is -1.48. The highest BCUT2D eigenvalue weighted by atomic mass is 79.9. The van der Waals surface area contributed by atoms with Crippen LogP contribution in [0.2, 0.25) is 0 Å². The van der Waals surface area contributed by atoms with E-state index in [1.807, 2.05) is 0 Å². The third-order valence-corrected chi connectivity index (χ3v) is 7.82. The summed E-state index contributed by atoms with van der Waals surface area (Å²) in [7, 11) is 0. The van der Waals surface area contributed by atoms with Crippen molar-refractivity contribution in [2.24, 2.45) is 5.41 Å². The molecule has 0 spiro atoms. The number of alkyl halides is 1. The van der Waals surface area contributed by atoms with E-state index in [-0.39, 0.29) is 10.8 Å². The lowest BCUT2D eigenvalue weighted by Crippen LogP contribution is -2.36. The number of aromatic nitrogens is 2. The van der Waals surface area contributed by atoms with Crippen molar-refractivity contribution in [2.75, 3.05) is 5.33 Å². The van der Waals surface area contributed by atoms with Crippen molar-refractivity contribution in [1.82, 2.24) is 9.97 Å². The number of rotatable bonds is 1. The summed E-state index contributed by atoms with van der Waals surface area (Å²) in [5, 5.41) is 3.50. The zero-order chi connectivity index (χ0) is 15.8. The van der Waals surface area contributed by atoms with Crippen LogP contribution < -0.4 is 0 Å². The first-order valence-corrected chi connectivity index (χ1v) is 9.46. The molecule has 0 radical (unpaired) electrons. The Morgan fingerprint density at radius 3 is 2.39 bits per heavy atom. The molecule has 0 saturated heterocycles. The van der Waals surface area contributed by atoms with Crippen LogP contribution in [0.5, 0.6) is 0 Å². The molecule has 2 nitrogen and oxygen atoms in total. The molecular weight excluding hydrogens is 348 g/mol. The molecule has 0 aliphatic heterocycles. The van der Waals surface area contributed by atoms with Crippen LogP contribution in [0, 0.1) is 5.41 Å². The number of nitrogens with zero attached hydrogens (tertiary/aromatic N) is 2. The van der Waals surface area contributed by atoms with E-state index in [0.29, 0.717) is 5.92 Å². The average molecular weight is 367 g/mol. The van der Waals surface area contributed by atoms with Crippen LogP contribution in [0.4, 0.5) is 0 Å². The fourth-order valence-electron chi connectivity index (χ4n) is 4.89. The second-order valence-corrected chi connectivity index (χ2v) is 8.18. The first kappa shape index (κ1) is 13.9. The van der Waals surface area contributed by atoms with E-state index in [0.717, 1.165) is 16.4 Å². The smallest absolute Gasteiger partial charge is 0.0897 e. The first-order chi connectivity index (χ1) is 11.1. The number of halogens is 1. The van der Waals surface area contributed by atoms with Crippen molar-refractivity contribution in [2.45, 2.75) is 38.0 Å². The summed E-state index contributed by atoms with van der Waals surface area (Å²) in [4.78, 5) is 10.2. The van der Waals surface area contributed by atoms with Crippen LogP contribution in [-0.2, 0) is 5.41 Å². The monoisotopic (exact) mass is 366 g/mol. The molecule has 3 heteroatoms. The van der Waals surface area contributed by atoms with Crippen LogP contribution in [-0.4, -0.2) is 15.3 Å². The van der Waals surface area contributed by atoms with Gasteiger partial charge < -0.3 is 0 Å². The molecule has 2 aliphatic carbocycles. The van der Waals surface area contributed by atoms with Crippen LogP contribution in [0.15, 0.2) is 36.4 Å². The lowest BCUT2D eigenvalue weighted by atomic mass is 9.70. The van der Waals surface area contributed by atoms with E-state index in [1.54, 1.807) is 0 Å². The van der Waals surface area contributed by atoms with Gasteiger partial charge in [-0.15, -0.1) is 0 Å². The van der Waals surface area contributed by atoms with Gasteiger partial charge >= 0.3 is 0 Å². The highest BCUT2D eigenvalue weighted by Crippen LogP contribution is 2.67. The summed E-state index contributed by atoms with van der Waals surface area (Å²) >= 11 is 3.78. The molecule has 1 fully saturated rings. The molecule has 0 unspecified atom stereocenters. The quantitative estimate of drug-likeness (QED) is 0.429. The zero-order valence-electron chi connectivity index (χ0n) is 13.4. The minimum Gasteiger partial charge on any atom is -0.249 e. The fraction of sp³-hybridized carbons (Fsp3) is 0.400. The predicted molar refractivity (Wildman–Crippen MR) is 98.3 cm³/mol. The predicted octanol–water partition coefficient (Wildman–Crippen LogP) is 5.33. The zero-order valence-corrected chi connectivity index (χ0v) is 15.0. The molecule has 3 atom stereocenters. The van der Waals surface area contributed by atoms with Gasteiger partial charge in [-0.05, 0) is 41.2 Å². The molecule has 5 rings (SSSR count). The molecule has 1 saturated carbocycles. The molecule has 2 aromatic carbocycles. The van der Waals surface area contributed by atoms with Crippen molar-refractivity contribution < 1.29 is 0 Å². The van der Waals surface area contributed by atoms with Gasteiger partial charge in [-0.25, -0.2) is 9.97 Å². The Morgan fingerprint density at radius 2 is 1.74 bits per heavy atom. The Bertz CT molecular complexity index is 966. The number of hydrogen-bond acceptors (Lipinski definition) is 2. The second kappa shape index (κ2) is 4.32. The van der Waals surface area contributed by atoms with Gasteiger partial charge in [-0.3, -0.25) is 0 Å². The van der Waals surface area contributed by atoms with Crippen molar-refractivity contribution in [3.63, 3.8) is 0 Å². The maximum Gasteiger partial charge on any atom is 0.0897 e. The molecule has 23 heavy (non-hydrogen) atoms. The molecule has 116 valence electrons. The molecule has 1 heterocycles. The minimum absolute atomic E-state index is 0.142. The SMILES string of the molecule is C[C@@]12CC[C@@H](c3nc4cc5ccccc5cc4nc31)[C@@]2(C)CBr. The maximum atomic E-state index is 5.12. The summed E-state index contributed by atoms with van der Waals surface area (Å²) in [6, 6.07) is 12.9. The van der Waals surface area contributed by atoms with Crippen LogP contribution >= 0.6 is 15.9 Å². The largest absolute Gasteiger partial charge is 0.249 e. The molecule has 1 aromatic heterocycles. The third-order valence-electron chi connectivity index (χ3n) is 6.65.